The summed E-state index contributed by atoms with van der Waals surface area (Å²) in [4.78, 5) is 12.3. The Morgan fingerprint density at radius 2 is 1.28 bits per heavy atom. The summed E-state index contributed by atoms with van der Waals surface area (Å²) in [5.41, 5.74) is 6.95. The number of hydrogen-bond acceptors (Lipinski definition) is 2. The van der Waals surface area contributed by atoms with Crippen molar-refractivity contribution < 1.29 is 4.79 Å². The predicted molar refractivity (Wildman–Crippen MR) is 140 cm³/mol. The van der Waals surface area contributed by atoms with Gasteiger partial charge < -0.3 is 11.1 Å². The molecule has 1 aliphatic carbocycles. The first-order valence-corrected chi connectivity index (χ1v) is 12.8. The molecule has 0 heterocycles. The highest BCUT2D eigenvalue weighted by molar-refractivity contribution is 6.13. The molecule has 182 valence electrons. The van der Waals surface area contributed by atoms with Crippen molar-refractivity contribution in [3.05, 3.63) is 29.8 Å². The van der Waals surface area contributed by atoms with Crippen LogP contribution in [0.1, 0.15) is 115 Å². The second-order valence-corrected chi connectivity index (χ2v) is 9.49. The number of nitrogens with one attached hydrogen (secondary N) is 2. The zero-order valence-electron chi connectivity index (χ0n) is 20.2. The molecule has 1 amide bonds. The summed E-state index contributed by atoms with van der Waals surface area (Å²) in [5, 5.41) is 10.5. The molecule has 1 saturated carbocycles. The van der Waals surface area contributed by atoms with Gasteiger partial charge in [0.05, 0.1) is 0 Å². The third-order valence-electron chi connectivity index (χ3n) is 6.73. The smallest absolute Gasteiger partial charge is 0.238 e. The van der Waals surface area contributed by atoms with Gasteiger partial charge in [-0.05, 0) is 43.4 Å². The fraction of sp³-hybridized carbons (Fsp3) is 0.704. The van der Waals surface area contributed by atoms with E-state index in [1.165, 1.54) is 95.5 Å². The van der Waals surface area contributed by atoms with Crippen LogP contribution in [0.2, 0.25) is 0 Å². The molecule has 1 aromatic carbocycles. The van der Waals surface area contributed by atoms with Crippen molar-refractivity contribution in [2.75, 3.05) is 5.32 Å². The van der Waals surface area contributed by atoms with Gasteiger partial charge in [0.15, 0.2) is 0 Å². The van der Waals surface area contributed by atoms with Gasteiger partial charge in [0.25, 0.3) is 0 Å². The molecule has 1 fully saturated rings. The van der Waals surface area contributed by atoms with Crippen LogP contribution in [0.15, 0.2) is 24.3 Å². The third kappa shape index (κ3) is 10.4. The van der Waals surface area contributed by atoms with E-state index in [1.54, 1.807) is 0 Å². The molecule has 0 unspecified atom stereocenters. The van der Waals surface area contributed by atoms with Gasteiger partial charge in [-0.25, -0.2) is 0 Å². The Labute approximate surface area is 202 Å². The first-order chi connectivity index (χ1) is 15.1. The molecule has 0 aromatic heterocycles. The second-order valence-electron chi connectivity index (χ2n) is 9.49. The SMILES string of the molecule is CCCCCCCCCCCCCCCCc1ccc(NC(=O)C2(C(=N)N)CC2)cc1.Cl. The minimum absolute atomic E-state index is 0. The molecule has 0 spiro atoms. The summed E-state index contributed by atoms with van der Waals surface area (Å²) in [6.45, 7) is 2.28. The van der Waals surface area contributed by atoms with Gasteiger partial charge in [-0.1, -0.05) is 103 Å². The number of anilines is 1. The first kappa shape index (κ1) is 28.5. The zero-order valence-corrected chi connectivity index (χ0v) is 21.0. The molecule has 32 heavy (non-hydrogen) atoms. The summed E-state index contributed by atoms with van der Waals surface area (Å²) in [7, 11) is 0. The summed E-state index contributed by atoms with van der Waals surface area (Å²) in [6.07, 6.45) is 21.9. The van der Waals surface area contributed by atoms with Gasteiger partial charge in [-0.3, -0.25) is 10.2 Å². The molecular formula is C27H46ClN3O. The average Bonchev–Trinajstić information content (AvgIpc) is 3.57. The van der Waals surface area contributed by atoms with Gasteiger partial charge >= 0.3 is 0 Å². The molecule has 4 nitrogen and oxygen atoms in total. The van der Waals surface area contributed by atoms with Crippen molar-refractivity contribution in [1.82, 2.24) is 0 Å². The number of carbonyl (C=O) groups is 1. The quantitative estimate of drug-likeness (QED) is 0.118. The fourth-order valence-electron chi connectivity index (χ4n) is 4.27. The van der Waals surface area contributed by atoms with Gasteiger partial charge in [0.1, 0.15) is 11.3 Å². The van der Waals surface area contributed by atoms with Crippen LogP contribution in [0.25, 0.3) is 0 Å². The van der Waals surface area contributed by atoms with E-state index in [9.17, 15) is 4.79 Å². The number of aryl methyl sites for hydroxylation is 1. The van der Waals surface area contributed by atoms with Crippen molar-refractivity contribution in [3.63, 3.8) is 0 Å². The third-order valence-corrected chi connectivity index (χ3v) is 6.73. The monoisotopic (exact) mass is 463 g/mol. The minimum Gasteiger partial charge on any atom is -0.387 e. The maximum Gasteiger partial charge on any atom is 0.238 e. The average molecular weight is 464 g/mol. The summed E-state index contributed by atoms with van der Waals surface area (Å²) >= 11 is 0. The lowest BCUT2D eigenvalue weighted by atomic mass is 10.0. The molecule has 0 atom stereocenters. The fourth-order valence-corrected chi connectivity index (χ4v) is 4.27. The van der Waals surface area contributed by atoms with E-state index in [-0.39, 0.29) is 24.1 Å². The van der Waals surface area contributed by atoms with Crippen LogP contribution in [0.5, 0.6) is 0 Å². The Kier molecular flexibility index (Phi) is 14.4. The summed E-state index contributed by atoms with van der Waals surface area (Å²) in [6, 6.07) is 8.14. The molecule has 4 N–H and O–H groups in total. The number of benzene rings is 1. The van der Waals surface area contributed by atoms with Crippen LogP contribution in [-0.2, 0) is 11.2 Å². The Morgan fingerprint density at radius 3 is 1.69 bits per heavy atom. The lowest BCUT2D eigenvalue weighted by Gasteiger charge is -2.13. The molecule has 0 radical (unpaired) electrons. The van der Waals surface area contributed by atoms with Crippen molar-refractivity contribution in [2.24, 2.45) is 11.1 Å². The predicted octanol–water partition coefficient (Wildman–Crippen LogP) is 7.79. The summed E-state index contributed by atoms with van der Waals surface area (Å²) < 4.78 is 0. The Morgan fingerprint density at radius 1 is 0.844 bits per heavy atom. The Hall–Kier alpha value is -1.55. The van der Waals surface area contributed by atoms with E-state index in [0.29, 0.717) is 12.8 Å². The van der Waals surface area contributed by atoms with Crippen LogP contribution in [0, 0.1) is 10.8 Å². The van der Waals surface area contributed by atoms with Crippen LogP contribution in [0.4, 0.5) is 5.69 Å². The maximum absolute atomic E-state index is 12.3. The highest BCUT2D eigenvalue weighted by Gasteiger charge is 2.53. The normalized spacial score (nSPS) is 13.9. The zero-order chi connectivity index (χ0) is 22.4. The second kappa shape index (κ2) is 16.1. The number of hydrogen-bond donors (Lipinski definition) is 3. The van der Waals surface area contributed by atoms with E-state index in [4.69, 9.17) is 11.1 Å². The van der Waals surface area contributed by atoms with Gasteiger partial charge in [0.2, 0.25) is 5.91 Å². The number of amidine groups is 1. The largest absolute Gasteiger partial charge is 0.387 e. The van der Waals surface area contributed by atoms with E-state index in [2.05, 4.69) is 24.4 Å². The molecule has 1 aromatic rings. The Balaban J connectivity index is 0.00000512. The lowest BCUT2D eigenvalue weighted by Crippen LogP contribution is -2.35. The van der Waals surface area contributed by atoms with Crippen LogP contribution in [-0.4, -0.2) is 11.7 Å². The van der Waals surface area contributed by atoms with Crippen LogP contribution < -0.4 is 11.1 Å². The molecular weight excluding hydrogens is 418 g/mol. The van der Waals surface area contributed by atoms with E-state index < -0.39 is 5.41 Å². The highest BCUT2D eigenvalue weighted by atomic mass is 35.5. The molecule has 0 aliphatic heterocycles. The molecule has 0 saturated heterocycles. The summed E-state index contributed by atoms with van der Waals surface area (Å²) in [5.74, 6) is -0.154. The highest BCUT2D eigenvalue weighted by Crippen LogP contribution is 2.46. The number of unbranched alkanes of at least 4 members (excludes halogenated alkanes) is 13. The number of nitrogens with two attached hydrogens (primary N) is 1. The molecule has 5 heteroatoms. The van der Waals surface area contributed by atoms with Gasteiger partial charge in [-0.15, -0.1) is 12.4 Å². The van der Waals surface area contributed by atoms with Gasteiger partial charge in [-0.2, -0.15) is 0 Å². The maximum atomic E-state index is 12.3. The Bertz CT molecular complexity index is 655. The van der Waals surface area contributed by atoms with Crippen molar-refractivity contribution >= 4 is 29.8 Å². The van der Waals surface area contributed by atoms with Crippen molar-refractivity contribution in [3.8, 4) is 0 Å². The van der Waals surface area contributed by atoms with Crippen molar-refractivity contribution in [1.29, 1.82) is 5.41 Å². The van der Waals surface area contributed by atoms with Crippen molar-refractivity contribution in [2.45, 2.75) is 116 Å². The number of halogens is 1. The van der Waals surface area contributed by atoms with Crippen LogP contribution >= 0.6 is 12.4 Å². The van der Waals surface area contributed by atoms with E-state index in [1.807, 2.05) is 12.1 Å². The molecule has 1 aliphatic rings. The van der Waals surface area contributed by atoms with E-state index in [0.717, 1.165) is 12.1 Å². The molecule has 2 rings (SSSR count). The van der Waals surface area contributed by atoms with Gasteiger partial charge in [0, 0.05) is 5.69 Å². The number of rotatable bonds is 18. The van der Waals surface area contributed by atoms with E-state index >= 15 is 0 Å². The first-order valence-electron chi connectivity index (χ1n) is 12.8. The lowest BCUT2D eigenvalue weighted by molar-refractivity contribution is -0.119. The minimum atomic E-state index is -0.743. The topological polar surface area (TPSA) is 79.0 Å². The standard InChI is InChI=1S/C27H45N3O.ClH/c1-2-3-4-5-6-7-8-9-10-11-12-13-14-15-16-23-17-19-24(20-18-23)30-26(31)27(21-22-27)25(28)29;/h17-20H,2-16,21-22H2,1H3,(H3,28,29)(H,30,31);1H. The number of amides is 1. The van der Waals surface area contributed by atoms with Crippen LogP contribution in [0.3, 0.4) is 0 Å². The molecule has 0 bridgehead atoms. The number of carbonyl (C=O) groups excluding carboxylic acids is 1.